The van der Waals surface area contributed by atoms with Gasteiger partial charge in [0.1, 0.15) is 0 Å². The van der Waals surface area contributed by atoms with Crippen molar-refractivity contribution >= 4 is 49.0 Å². The number of hydrogen-bond donors (Lipinski definition) is 0. The van der Waals surface area contributed by atoms with E-state index in [1.54, 1.807) is 0 Å². The molecule has 2 heteroatoms. The quantitative estimate of drug-likeness (QED) is 0.127. The molecule has 2 nitrogen and oxygen atoms in total. The lowest BCUT2D eigenvalue weighted by atomic mass is 9.83. The Morgan fingerprint density at radius 3 is 1.30 bits per heavy atom. The van der Waals surface area contributed by atoms with Gasteiger partial charge in [-0.3, -0.25) is 0 Å². The van der Waals surface area contributed by atoms with Crippen LogP contribution in [-0.2, 0) is 0 Å². The molecule has 1 aromatic heterocycles. The molecule has 0 aliphatic carbocycles. The van der Waals surface area contributed by atoms with Gasteiger partial charge in [-0.2, -0.15) is 0 Å². The third kappa shape index (κ3) is 4.87. The fourth-order valence-corrected chi connectivity index (χ4v) is 8.41. The van der Waals surface area contributed by atoms with Gasteiger partial charge in [0.05, 0.1) is 23.3 Å². The maximum absolute atomic E-state index is 8.03. The van der Waals surface area contributed by atoms with Gasteiger partial charge in [-0.1, -0.05) is 170 Å². The minimum absolute atomic E-state index is 0.612. The van der Waals surface area contributed by atoms with Gasteiger partial charge < -0.3 is 4.57 Å². The number of aromatic nitrogens is 1. The van der Waals surface area contributed by atoms with Crippen molar-refractivity contribution in [3.63, 3.8) is 0 Å². The van der Waals surface area contributed by atoms with Gasteiger partial charge in [0.2, 0.25) is 0 Å². The van der Waals surface area contributed by atoms with Crippen molar-refractivity contribution in [3.05, 3.63) is 206 Å². The second kappa shape index (κ2) is 12.5. The van der Waals surface area contributed by atoms with Gasteiger partial charge in [-0.25, -0.2) is 4.85 Å². The number of hydrogen-bond acceptors (Lipinski definition) is 0. The first kappa shape index (κ1) is 30.6. The molecule has 10 rings (SSSR count). The average molecular weight is 673 g/mol. The molecule has 0 unspecified atom stereocenters. The number of para-hydroxylation sites is 2. The van der Waals surface area contributed by atoms with Gasteiger partial charge in [-0.05, 0) is 90.3 Å². The summed E-state index contributed by atoms with van der Waals surface area (Å²) >= 11 is 0. The number of nitrogens with zero attached hydrogens (tertiary/aromatic N) is 2. The molecule has 9 aromatic carbocycles. The molecule has 246 valence electrons. The molecule has 0 aliphatic rings. The summed E-state index contributed by atoms with van der Waals surface area (Å²) < 4.78 is 2.36. The van der Waals surface area contributed by atoms with Crippen molar-refractivity contribution in [1.82, 2.24) is 4.57 Å². The molecule has 53 heavy (non-hydrogen) atoms. The summed E-state index contributed by atoms with van der Waals surface area (Å²) in [6.07, 6.45) is 0. The molecular weight excluding hydrogens is 641 g/mol. The van der Waals surface area contributed by atoms with E-state index in [1.165, 1.54) is 54.6 Å². The van der Waals surface area contributed by atoms with Crippen molar-refractivity contribution in [2.24, 2.45) is 0 Å². The van der Waals surface area contributed by atoms with Crippen LogP contribution in [0.25, 0.3) is 98.4 Å². The van der Waals surface area contributed by atoms with E-state index in [9.17, 15) is 0 Å². The fraction of sp³-hybridized carbons (Fsp3) is 0. The topological polar surface area (TPSA) is 9.29 Å². The summed E-state index contributed by atoms with van der Waals surface area (Å²) in [7, 11) is 0. The summed E-state index contributed by atoms with van der Waals surface area (Å²) in [5.74, 6) is 0. The monoisotopic (exact) mass is 672 g/mol. The van der Waals surface area contributed by atoms with Crippen LogP contribution in [0.15, 0.2) is 194 Å². The van der Waals surface area contributed by atoms with Crippen molar-refractivity contribution in [1.29, 1.82) is 0 Å². The molecule has 0 fully saturated rings. The van der Waals surface area contributed by atoms with Gasteiger partial charge in [-0.15, -0.1) is 0 Å². The van der Waals surface area contributed by atoms with Crippen LogP contribution in [0.4, 0.5) is 5.69 Å². The Morgan fingerprint density at radius 2 is 0.755 bits per heavy atom. The Morgan fingerprint density at radius 1 is 0.340 bits per heavy atom. The maximum Gasteiger partial charge on any atom is 0.188 e. The minimum atomic E-state index is 0.612. The standard InChI is InChI=1S/C51H32N2/c1-52-35-31-32-49(53-47-29-15-13-22-39(47)40-23-14-16-30-48(40)53)46(33-35)38-21-6-5-19-36(38)37-20-7-8-24-41(37)51-44-27-11-9-25-42(44)50(34-17-3-2-4-18-34)43-26-10-12-28-45(43)51/h2-33H. The molecule has 0 spiro atoms. The Hall–Kier alpha value is -7.21. The number of benzene rings is 9. The predicted octanol–water partition coefficient (Wildman–Crippen LogP) is 14.3. The molecule has 0 saturated carbocycles. The van der Waals surface area contributed by atoms with Gasteiger partial charge >= 0.3 is 0 Å². The molecule has 0 bridgehead atoms. The second-order valence-corrected chi connectivity index (χ2v) is 13.5. The SMILES string of the molecule is [C-]#[N+]c1ccc(-n2c3ccccc3c3ccccc32)c(-c2ccccc2-c2ccccc2-c2c3ccccc3c(-c3ccccc3)c3ccccc23)c1. The van der Waals surface area contributed by atoms with E-state index in [-0.39, 0.29) is 0 Å². The van der Waals surface area contributed by atoms with E-state index in [2.05, 4.69) is 197 Å². The zero-order chi connectivity index (χ0) is 35.3. The van der Waals surface area contributed by atoms with Crippen LogP contribution in [0.5, 0.6) is 0 Å². The third-order valence-electron chi connectivity index (χ3n) is 10.6. The summed E-state index contributed by atoms with van der Waals surface area (Å²) in [6, 6.07) is 69.2. The Kier molecular flexibility index (Phi) is 7.23. The summed E-state index contributed by atoms with van der Waals surface area (Å²) in [4.78, 5) is 3.91. The summed E-state index contributed by atoms with van der Waals surface area (Å²) in [5, 5.41) is 7.31. The zero-order valence-corrected chi connectivity index (χ0v) is 28.9. The first-order chi connectivity index (χ1) is 26.3. The van der Waals surface area contributed by atoms with E-state index in [0.717, 1.165) is 39.0 Å². The third-order valence-corrected chi connectivity index (χ3v) is 10.6. The highest BCUT2D eigenvalue weighted by Crippen LogP contribution is 2.48. The molecular formula is C51H32N2. The molecule has 0 saturated heterocycles. The Labute approximate surface area is 308 Å². The van der Waals surface area contributed by atoms with Crippen molar-refractivity contribution < 1.29 is 0 Å². The molecule has 0 aliphatic heterocycles. The van der Waals surface area contributed by atoms with E-state index >= 15 is 0 Å². The van der Waals surface area contributed by atoms with Crippen molar-refractivity contribution in [3.8, 4) is 50.2 Å². The molecule has 1 heterocycles. The van der Waals surface area contributed by atoms with E-state index < -0.39 is 0 Å². The summed E-state index contributed by atoms with van der Waals surface area (Å²) in [5.41, 5.74) is 13.2. The highest BCUT2D eigenvalue weighted by Gasteiger charge is 2.22. The van der Waals surface area contributed by atoms with Gasteiger partial charge in [0.25, 0.3) is 0 Å². The largest absolute Gasteiger partial charge is 0.309 e. The van der Waals surface area contributed by atoms with Crippen LogP contribution >= 0.6 is 0 Å². The Balaban J connectivity index is 1.27. The normalized spacial score (nSPS) is 11.4. The molecule has 0 amide bonds. The molecule has 0 atom stereocenters. The highest BCUT2D eigenvalue weighted by atomic mass is 15.0. The molecule has 10 aromatic rings. The van der Waals surface area contributed by atoms with Gasteiger partial charge in [0, 0.05) is 10.8 Å². The average Bonchev–Trinajstić information content (AvgIpc) is 3.57. The first-order valence-electron chi connectivity index (χ1n) is 18.0. The molecule has 0 N–H and O–H groups in total. The van der Waals surface area contributed by atoms with Crippen molar-refractivity contribution in [2.45, 2.75) is 0 Å². The predicted molar refractivity (Wildman–Crippen MR) is 224 cm³/mol. The van der Waals surface area contributed by atoms with Gasteiger partial charge in [0.15, 0.2) is 5.69 Å². The van der Waals surface area contributed by atoms with Crippen molar-refractivity contribution in [2.75, 3.05) is 0 Å². The smallest absolute Gasteiger partial charge is 0.188 e. The first-order valence-corrected chi connectivity index (χ1v) is 18.0. The maximum atomic E-state index is 8.03. The highest BCUT2D eigenvalue weighted by molar-refractivity contribution is 6.22. The number of fused-ring (bicyclic) bond motifs is 5. The lowest BCUT2D eigenvalue weighted by molar-refractivity contribution is 1.18. The van der Waals surface area contributed by atoms with E-state index in [0.29, 0.717) is 5.69 Å². The lowest BCUT2D eigenvalue weighted by Gasteiger charge is -2.21. The van der Waals surface area contributed by atoms with Crippen LogP contribution < -0.4 is 0 Å². The number of rotatable bonds is 5. The minimum Gasteiger partial charge on any atom is -0.309 e. The van der Waals surface area contributed by atoms with E-state index in [1.807, 2.05) is 6.07 Å². The second-order valence-electron chi connectivity index (χ2n) is 13.5. The fourth-order valence-electron chi connectivity index (χ4n) is 8.41. The van der Waals surface area contributed by atoms with Crippen LogP contribution in [-0.4, -0.2) is 4.57 Å². The lowest BCUT2D eigenvalue weighted by Crippen LogP contribution is -1.98. The van der Waals surface area contributed by atoms with Crippen LogP contribution in [0.2, 0.25) is 0 Å². The zero-order valence-electron chi connectivity index (χ0n) is 28.9. The van der Waals surface area contributed by atoms with Crippen LogP contribution in [0, 0.1) is 6.57 Å². The van der Waals surface area contributed by atoms with Crippen LogP contribution in [0.1, 0.15) is 0 Å². The van der Waals surface area contributed by atoms with Crippen LogP contribution in [0.3, 0.4) is 0 Å². The summed E-state index contributed by atoms with van der Waals surface area (Å²) in [6.45, 7) is 8.03. The molecule has 0 radical (unpaired) electrons. The van der Waals surface area contributed by atoms with E-state index in [4.69, 9.17) is 6.57 Å². The Bertz CT molecular complexity index is 2960.